The standard InChI is InChI=1S/C18H26ClN3O.2ClH/c1-22(2)17-14(19)7-4-8-15(17)21-18(23)13-9-11-5-3-6-12(10-13)16(11)20;;/h4,7-8,11-13,16H,3,5-6,9-10,20H2,1-2H3,(H,21,23);2*1H. The number of hydrogen-bond donors (Lipinski definition) is 2. The smallest absolute Gasteiger partial charge is 0.227 e. The minimum absolute atomic E-state index is 0. The van der Waals surface area contributed by atoms with E-state index in [-0.39, 0.29) is 42.7 Å². The van der Waals surface area contributed by atoms with Gasteiger partial charge >= 0.3 is 0 Å². The molecule has 0 aliphatic heterocycles. The lowest BCUT2D eigenvalue weighted by molar-refractivity contribution is -0.122. The van der Waals surface area contributed by atoms with Crippen LogP contribution < -0.4 is 16.0 Å². The van der Waals surface area contributed by atoms with Crippen molar-refractivity contribution in [3.8, 4) is 0 Å². The number of amides is 1. The molecule has 3 N–H and O–H groups in total. The van der Waals surface area contributed by atoms with Gasteiger partial charge in [-0.3, -0.25) is 4.79 Å². The maximum atomic E-state index is 12.8. The van der Waals surface area contributed by atoms with Gasteiger partial charge in [-0.15, -0.1) is 24.8 Å². The van der Waals surface area contributed by atoms with Gasteiger partial charge in [0.05, 0.1) is 16.4 Å². The number of fused-ring (bicyclic) bond motifs is 2. The lowest BCUT2D eigenvalue weighted by atomic mass is 9.65. The van der Waals surface area contributed by atoms with Crippen LogP contribution in [0.5, 0.6) is 0 Å². The highest BCUT2D eigenvalue weighted by atomic mass is 35.5. The largest absolute Gasteiger partial charge is 0.375 e. The minimum atomic E-state index is 0. The Morgan fingerprint density at radius 1 is 1.20 bits per heavy atom. The molecule has 2 aliphatic carbocycles. The highest BCUT2D eigenvalue weighted by molar-refractivity contribution is 6.34. The first-order valence-corrected chi connectivity index (χ1v) is 8.87. The zero-order chi connectivity index (χ0) is 16.6. The lowest BCUT2D eigenvalue weighted by Gasteiger charge is -2.43. The van der Waals surface area contributed by atoms with Crippen LogP contribution in [-0.2, 0) is 4.79 Å². The molecule has 2 aliphatic rings. The van der Waals surface area contributed by atoms with E-state index in [0.29, 0.717) is 16.9 Å². The number of nitrogens with zero attached hydrogens (tertiary/aromatic N) is 1. The molecule has 2 unspecified atom stereocenters. The molecule has 1 amide bonds. The number of halogens is 3. The Labute approximate surface area is 167 Å². The Hall–Kier alpha value is -0.680. The SMILES string of the molecule is CN(C)c1c(Cl)cccc1NC(=O)C1CC2CCCC(C1)C2N.Cl.Cl. The van der Waals surface area contributed by atoms with Crippen LogP contribution in [-0.4, -0.2) is 26.0 Å². The third kappa shape index (κ3) is 4.73. The van der Waals surface area contributed by atoms with Gasteiger partial charge in [-0.1, -0.05) is 24.1 Å². The van der Waals surface area contributed by atoms with Crippen molar-refractivity contribution in [2.24, 2.45) is 23.5 Å². The van der Waals surface area contributed by atoms with Crippen molar-refractivity contribution in [1.82, 2.24) is 0 Å². The zero-order valence-electron chi connectivity index (χ0n) is 14.7. The van der Waals surface area contributed by atoms with E-state index >= 15 is 0 Å². The van der Waals surface area contributed by atoms with E-state index < -0.39 is 0 Å². The van der Waals surface area contributed by atoms with Crippen LogP contribution in [0.1, 0.15) is 32.1 Å². The topological polar surface area (TPSA) is 58.4 Å². The number of nitrogens with one attached hydrogen (secondary N) is 1. The summed E-state index contributed by atoms with van der Waals surface area (Å²) in [5.41, 5.74) is 7.97. The summed E-state index contributed by atoms with van der Waals surface area (Å²) < 4.78 is 0. The first-order chi connectivity index (χ1) is 11.0. The Kier molecular flexibility index (Phi) is 8.33. The molecule has 0 radical (unpaired) electrons. The Morgan fingerprint density at radius 2 is 1.80 bits per heavy atom. The molecular weight excluding hydrogens is 381 g/mol. The summed E-state index contributed by atoms with van der Waals surface area (Å²) in [6, 6.07) is 5.91. The fourth-order valence-electron chi connectivity index (χ4n) is 4.31. The van der Waals surface area contributed by atoms with Gasteiger partial charge in [0, 0.05) is 26.1 Å². The summed E-state index contributed by atoms with van der Waals surface area (Å²) in [6.45, 7) is 0. The van der Waals surface area contributed by atoms with E-state index in [9.17, 15) is 4.79 Å². The first-order valence-electron chi connectivity index (χ1n) is 8.49. The van der Waals surface area contributed by atoms with Crippen LogP contribution in [0.15, 0.2) is 18.2 Å². The van der Waals surface area contributed by atoms with Gasteiger partial charge in [-0.25, -0.2) is 0 Å². The average molecular weight is 409 g/mol. The van der Waals surface area contributed by atoms with Crippen LogP contribution in [0.2, 0.25) is 5.02 Å². The molecule has 0 spiro atoms. The number of rotatable bonds is 3. The van der Waals surface area contributed by atoms with Crippen LogP contribution in [0.3, 0.4) is 0 Å². The molecule has 25 heavy (non-hydrogen) atoms. The molecule has 4 nitrogen and oxygen atoms in total. The van der Waals surface area contributed by atoms with E-state index in [0.717, 1.165) is 24.2 Å². The number of anilines is 2. The second-order valence-corrected chi connectivity index (χ2v) is 7.62. The second-order valence-electron chi connectivity index (χ2n) is 7.22. The number of para-hydroxylation sites is 1. The Balaban J connectivity index is 0.00000156. The molecule has 2 bridgehead atoms. The van der Waals surface area contributed by atoms with E-state index in [1.807, 2.05) is 37.2 Å². The lowest BCUT2D eigenvalue weighted by Crippen LogP contribution is -2.48. The maximum Gasteiger partial charge on any atom is 0.227 e. The quantitative estimate of drug-likeness (QED) is 0.782. The van der Waals surface area contributed by atoms with Crippen molar-refractivity contribution < 1.29 is 4.79 Å². The molecule has 1 aromatic carbocycles. The van der Waals surface area contributed by atoms with Crippen LogP contribution in [0, 0.1) is 17.8 Å². The van der Waals surface area contributed by atoms with Crippen LogP contribution in [0.25, 0.3) is 0 Å². The molecule has 0 saturated heterocycles. The molecule has 142 valence electrons. The van der Waals surface area contributed by atoms with Crippen molar-refractivity contribution in [1.29, 1.82) is 0 Å². The van der Waals surface area contributed by atoms with Gasteiger partial charge in [-0.2, -0.15) is 0 Å². The molecule has 1 aromatic rings. The number of carbonyl (C=O) groups excluding carboxylic acids is 1. The van der Waals surface area contributed by atoms with Crippen molar-refractivity contribution in [3.05, 3.63) is 23.2 Å². The fourth-order valence-corrected chi connectivity index (χ4v) is 4.65. The Morgan fingerprint density at radius 3 is 2.36 bits per heavy atom. The van der Waals surface area contributed by atoms with Crippen molar-refractivity contribution in [2.75, 3.05) is 24.3 Å². The first kappa shape index (κ1) is 22.4. The molecule has 0 heterocycles. The predicted octanol–water partition coefficient (Wildman–Crippen LogP) is 4.34. The van der Waals surface area contributed by atoms with Crippen molar-refractivity contribution in [3.63, 3.8) is 0 Å². The van der Waals surface area contributed by atoms with Crippen molar-refractivity contribution in [2.45, 2.75) is 38.1 Å². The molecule has 0 aromatic heterocycles. The van der Waals surface area contributed by atoms with Gasteiger partial charge < -0.3 is 16.0 Å². The van der Waals surface area contributed by atoms with Gasteiger partial charge in [-0.05, 0) is 49.7 Å². The third-order valence-electron chi connectivity index (χ3n) is 5.48. The molecule has 2 atom stereocenters. The molecule has 2 saturated carbocycles. The zero-order valence-corrected chi connectivity index (χ0v) is 17.1. The van der Waals surface area contributed by atoms with Gasteiger partial charge in [0.2, 0.25) is 5.91 Å². The summed E-state index contributed by atoms with van der Waals surface area (Å²) in [5.74, 6) is 1.19. The van der Waals surface area contributed by atoms with Crippen LogP contribution in [0.4, 0.5) is 11.4 Å². The van der Waals surface area contributed by atoms with Crippen molar-refractivity contribution >= 4 is 53.7 Å². The van der Waals surface area contributed by atoms with Gasteiger partial charge in [0.1, 0.15) is 0 Å². The number of hydrogen-bond acceptors (Lipinski definition) is 3. The average Bonchev–Trinajstić information content (AvgIpc) is 2.46. The highest BCUT2D eigenvalue weighted by Crippen LogP contribution is 2.42. The highest BCUT2D eigenvalue weighted by Gasteiger charge is 2.40. The number of benzene rings is 1. The minimum Gasteiger partial charge on any atom is -0.375 e. The molecule has 7 heteroatoms. The summed E-state index contributed by atoms with van der Waals surface area (Å²) >= 11 is 6.28. The predicted molar refractivity (Wildman–Crippen MR) is 110 cm³/mol. The van der Waals surface area contributed by atoms with Crippen LogP contribution >= 0.6 is 36.4 Å². The monoisotopic (exact) mass is 407 g/mol. The summed E-state index contributed by atoms with van der Waals surface area (Å²) in [5, 5.41) is 3.75. The third-order valence-corrected chi connectivity index (χ3v) is 5.78. The van der Waals surface area contributed by atoms with Gasteiger partial charge in [0.15, 0.2) is 0 Å². The second kappa shape index (κ2) is 9.31. The van der Waals surface area contributed by atoms with E-state index in [1.54, 1.807) is 0 Å². The van der Waals surface area contributed by atoms with Gasteiger partial charge in [0.25, 0.3) is 0 Å². The summed E-state index contributed by atoms with van der Waals surface area (Å²) in [4.78, 5) is 14.7. The Bertz CT molecular complexity index is 583. The summed E-state index contributed by atoms with van der Waals surface area (Å²) in [7, 11) is 3.86. The van der Waals surface area contributed by atoms with E-state index in [2.05, 4.69) is 5.32 Å². The molecule has 2 fully saturated rings. The van der Waals surface area contributed by atoms with E-state index in [1.165, 1.54) is 19.3 Å². The maximum absolute atomic E-state index is 12.8. The number of carbonyl (C=O) groups is 1. The summed E-state index contributed by atoms with van der Waals surface area (Å²) in [6.07, 6.45) is 5.43. The molecule has 3 rings (SSSR count). The molecular formula is C18H28Cl3N3O. The normalized spacial score (nSPS) is 27.5. The number of nitrogens with two attached hydrogens (primary N) is 1. The van der Waals surface area contributed by atoms with E-state index in [4.69, 9.17) is 17.3 Å². The fraction of sp³-hybridized carbons (Fsp3) is 0.611.